The van der Waals surface area contributed by atoms with Gasteiger partial charge in [-0.3, -0.25) is 0 Å². The number of hydrogen-bond donors (Lipinski definition) is 2. The van der Waals surface area contributed by atoms with Crippen LogP contribution in [0.15, 0.2) is 30.3 Å². The van der Waals surface area contributed by atoms with E-state index in [1.807, 2.05) is 37.3 Å². The van der Waals surface area contributed by atoms with E-state index in [0.29, 0.717) is 5.92 Å². The second kappa shape index (κ2) is 12.9. The van der Waals surface area contributed by atoms with Gasteiger partial charge in [-0.2, -0.15) is 0 Å². The van der Waals surface area contributed by atoms with Crippen LogP contribution in [0.3, 0.4) is 0 Å². The zero-order chi connectivity index (χ0) is 23.6. The predicted octanol–water partition coefficient (Wildman–Crippen LogP) is 5.53. The molecule has 0 saturated heterocycles. The molecule has 0 aliphatic carbocycles. The van der Waals surface area contributed by atoms with Gasteiger partial charge in [0.1, 0.15) is 17.5 Å². The van der Waals surface area contributed by atoms with Crippen LogP contribution in [0.1, 0.15) is 74.7 Å². The molecule has 0 aromatic heterocycles. The SMILES string of the molecule is CC[C@@H](CCC(C)C)[C@H](Oc1ccccc1)[C@H](C)OC(O)[C@H](C)NC(=O)OC(C)(C)C. The van der Waals surface area contributed by atoms with E-state index >= 15 is 0 Å². The number of alkyl carbamates (subject to hydrolysis) is 1. The Balaban J connectivity index is 2.84. The number of carbonyl (C=O) groups excluding carboxylic acids is 1. The van der Waals surface area contributed by atoms with Gasteiger partial charge in [0, 0.05) is 0 Å². The number of aliphatic hydroxyl groups is 1. The maximum Gasteiger partial charge on any atom is 0.408 e. The molecule has 0 spiro atoms. The van der Waals surface area contributed by atoms with E-state index in [2.05, 4.69) is 26.1 Å². The maximum atomic E-state index is 12.0. The number of carbonyl (C=O) groups is 1. The van der Waals surface area contributed by atoms with Crippen molar-refractivity contribution in [3.63, 3.8) is 0 Å². The summed E-state index contributed by atoms with van der Waals surface area (Å²) in [5, 5.41) is 13.2. The summed E-state index contributed by atoms with van der Waals surface area (Å²) in [6, 6.07) is 9.05. The molecule has 178 valence electrons. The molecule has 1 aromatic rings. The Kier molecular flexibility index (Phi) is 11.4. The number of ether oxygens (including phenoxy) is 3. The van der Waals surface area contributed by atoms with Gasteiger partial charge in [-0.1, -0.05) is 45.4 Å². The quantitative estimate of drug-likeness (QED) is 0.420. The number of nitrogens with one attached hydrogen (secondary N) is 1. The lowest BCUT2D eigenvalue weighted by Gasteiger charge is -2.34. The smallest absolute Gasteiger partial charge is 0.408 e. The number of hydrogen-bond acceptors (Lipinski definition) is 5. The van der Waals surface area contributed by atoms with Crippen LogP contribution in [0, 0.1) is 11.8 Å². The minimum absolute atomic E-state index is 0.227. The fourth-order valence-corrected chi connectivity index (χ4v) is 3.36. The van der Waals surface area contributed by atoms with Gasteiger partial charge < -0.3 is 24.6 Å². The van der Waals surface area contributed by atoms with Gasteiger partial charge in [0.15, 0.2) is 6.29 Å². The molecule has 0 radical (unpaired) electrons. The summed E-state index contributed by atoms with van der Waals surface area (Å²) in [7, 11) is 0. The van der Waals surface area contributed by atoms with E-state index in [1.54, 1.807) is 27.7 Å². The van der Waals surface area contributed by atoms with Crippen molar-refractivity contribution in [3.05, 3.63) is 30.3 Å². The lowest BCUT2D eigenvalue weighted by atomic mass is 9.88. The molecule has 0 bridgehead atoms. The van der Waals surface area contributed by atoms with Crippen LogP contribution < -0.4 is 10.1 Å². The van der Waals surface area contributed by atoms with Gasteiger partial charge in [-0.25, -0.2) is 4.79 Å². The molecule has 1 unspecified atom stereocenters. The summed E-state index contributed by atoms with van der Waals surface area (Å²) >= 11 is 0. The minimum atomic E-state index is -1.19. The molecule has 0 fully saturated rings. The molecule has 0 saturated carbocycles. The van der Waals surface area contributed by atoms with Crippen LogP contribution in [0.5, 0.6) is 5.75 Å². The zero-order valence-corrected chi connectivity index (χ0v) is 20.6. The normalized spacial score (nSPS) is 16.8. The maximum absolute atomic E-state index is 12.0. The van der Waals surface area contributed by atoms with E-state index < -0.39 is 24.0 Å². The van der Waals surface area contributed by atoms with Gasteiger partial charge in [-0.15, -0.1) is 0 Å². The first kappa shape index (κ1) is 27.2. The molecular formula is C25H43NO5. The Labute approximate surface area is 188 Å². The zero-order valence-electron chi connectivity index (χ0n) is 20.6. The summed E-state index contributed by atoms with van der Waals surface area (Å²) in [5.41, 5.74) is -0.609. The largest absolute Gasteiger partial charge is 0.487 e. The van der Waals surface area contributed by atoms with Gasteiger partial charge in [-0.05, 0) is 71.4 Å². The molecule has 2 N–H and O–H groups in total. The topological polar surface area (TPSA) is 77.0 Å². The molecule has 1 rings (SSSR count). The number of rotatable bonds is 12. The van der Waals surface area contributed by atoms with E-state index in [9.17, 15) is 9.90 Å². The second-order valence-corrected chi connectivity index (χ2v) is 9.70. The minimum Gasteiger partial charge on any atom is -0.487 e. The van der Waals surface area contributed by atoms with Crippen molar-refractivity contribution in [3.8, 4) is 5.75 Å². The number of amides is 1. The molecule has 1 aromatic carbocycles. The van der Waals surface area contributed by atoms with E-state index in [-0.39, 0.29) is 18.1 Å². The summed E-state index contributed by atoms with van der Waals surface area (Å²) < 4.78 is 17.5. The van der Waals surface area contributed by atoms with Crippen LogP contribution >= 0.6 is 0 Å². The Hall–Kier alpha value is -1.79. The fraction of sp³-hybridized carbons (Fsp3) is 0.720. The first-order valence-corrected chi connectivity index (χ1v) is 11.5. The molecular weight excluding hydrogens is 394 g/mol. The average Bonchev–Trinajstić information content (AvgIpc) is 2.66. The lowest BCUT2D eigenvalue weighted by Crippen LogP contribution is -2.48. The van der Waals surface area contributed by atoms with Crippen molar-refractivity contribution < 1.29 is 24.1 Å². The molecule has 0 heterocycles. The van der Waals surface area contributed by atoms with Crippen molar-refractivity contribution in [2.24, 2.45) is 11.8 Å². The Bertz CT molecular complexity index is 629. The highest BCUT2D eigenvalue weighted by molar-refractivity contribution is 5.68. The summed E-state index contributed by atoms with van der Waals surface area (Å²) in [6.07, 6.45) is 0.674. The van der Waals surface area contributed by atoms with Crippen molar-refractivity contribution in [1.82, 2.24) is 5.32 Å². The van der Waals surface area contributed by atoms with Crippen molar-refractivity contribution in [2.45, 2.75) is 105 Å². The number of benzene rings is 1. The lowest BCUT2D eigenvalue weighted by molar-refractivity contribution is -0.173. The number of para-hydroxylation sites is 1. The predicted molar refractivity (Wildman–Crippen MR) is 124 cm³/mol. The Morgan fingerprint density at radius 3 is 2.19 bits per heavy atom. The molecule has 6 nitrogen and oxygen atoms in total. The van der Waals surface area contributed by atoms with Crippen molar-refractivity contribution in [1.29, 1.82) is 0 Å². The summed E-state index contributed by atoms with van der Waals surface area (Å²) in [4.78, 5) is 12.0. The second-order valence-electron chi connectivity index (χ2n) is 9.70. The molecule has 5 atom stereocenters. The van der Waals surface area contributed by atoms with E-state index in [4.69, 9.17) is 14.2 Å². The van der Waals surface area contributed by atoms with Crippen LogP contribution in [-0.2, 0) is 9.47 Å². The van der Waals surface area contributed by atoms with Gasteiger partial charge in [0.2, 0.25) is 0 Å². The van der Waals surface area contributed by atoms with Crippen LogP contribution in [0.2, 0.25) is 0 Å². The van der Waals surface area contributed by atoms with Crippen molar-refractivity contribution >= 4 is 6.09 Å². The standard InChI is InChI=1S/C25H43NO5/c1-9-20(16-15-17(2)3)22(30-21-13-11-10-12-14-21)19(5)29-23(27)18(4)26-24(28)31-25(6,7)8/h10-14,17-20,22-23,27H,9,15-16H2,1-8H3,(H,26,28)/t18-,19-,20-,22+,23?/m0/s1. The molecule has 0 aliphatic rings. The molecule has 1 amide bonds. The van der Waals surface area contributed by atoms with E-state index in [1.165, 1.54) is 0 Å². The average molecular weight is 438 g/mol. The highest BCUT2D eigenvalue weighted by Gasteiger charge is 2.32. The van der Waals surface area contributed by atoms with Crippen LogP contribution in [-0.4, -0.2) is 41.3 Å². The summed E-state index contributed by atoms with van der Waals surface area (Å²) in [6.45, 7) is 15.6. The van der Waals surface area contributed by atoms with Crippen LogP contribution in [0.25, 0.3) is 0 Å². The Morgan fingerprint density at radius 2 is 1.68 bits per heavy atom. The van der Waals surface area contributed by atoms with Gasteiger partial charge >= 0.3 is 6.09 Å². The first-order chi connectivity index (χ1) is 14.4. The first-order valence-electron chi connectivity index (χ1n) is 11.5. The van der Waals surface area contributed by atoms with Crippen LogP contribution in [0.4, 0.5) is 4.79 Å². The highest BCUT2D eigenvalue weighted by atomic mass is 16.6. The third-order valence-electron chi connectivity index (χ3n) is 5.11. The third kappa shape index (κ3) is 10.9. The monoisotopic (exact) mass is 437 g/mol. The molecule has 0 aliphatic heterocycles. The van der Waals surface area contributed by atoms with Gasteiger partial charge in [0.25, 0.3) is 0 Å². The number of aliphatic hydroxyl groups excluding tert-OH is 1. The van der Waals surface area contributed by atoms with Gasteiger partial charge in [0.05, 0.1) is 12.1 Å². The third-order valence-corrected chi connectivity index (χ3v) is 5.11. The summed E-state index contributed by atoms with van der Waals surface area (Å²) in [5.74, 6) is 1.66. The molecule has 31 heavy (non-hydrogen) atoms. The highest BCUT2D eigenvalue weighted by Crippen LogP contribution is 2.27. The fourth-order valence-electron chi connectivity index (χ4n) is 3.36. The van der Waals surface area contributed by atoms with E-state index in [0.717, 1.165) is 25.0 Å². The Morgan fingerprint density at radius 1 is 1.06 bits per heavy atom. The van der Waals surface area contributed by atoms with Crippen molar-refractivity contribution in [2.75, 3.05) is 0 Å². The molecule has 6 heteroatoms.